The van der Waals surface area contributed by atoms with Gasteiger partial charge in [-0.2, -0.15) is 0 Å². The van der Waals surface area contributed by atoms with E-state index in [9.17, 15) is 8.60 Å². The third kappa shape index (κ3) is 5.57. The first-order chi connectivity index (χ1) is 18.4. The molecular formula is C24H24F2N8O3S. The summed E-state index contributed by atoms with van der Waals surface area (Å²) < 4.78 is 57.5. The molecule has 38 heavy (non-hydrogen) atoms. The van der Waals surface area contributed by atoms with Crippen molar-refractivity contribution < 1.29 is 22.3 Å². The molecule has 2 atom stereocenters. The zero-order chi connectivity index (χ0) is 26.6. The minimum atomic E-state index is -2.27. The highest BCUT2D eigenvalue weighted by Crippen LogP contribution is 2.33. The average molecular weight is 543 g/mol. The van der Waals surface area contributed by atoms with Crippen molar-refractivity contribution in [1.29, 1.82) is 0 Å². The number of pyridine rings is 1. The van der Waals surface area contributed by atoms with Crippen LogP contribution in [-0.2, 0) is 16.0 Å². The van der Waals surface area contributed by atoms with Crippen molar-refractivity contribution in [3.63, 3.8) is 0 Å². The summed E-state index contributed by atoms with van der Waals surface area (Å²) in [4.78, 5) is 24.1. The lowest BCUT2D eigenvalue weighted by molar-refractivity contribution is 0.122. The van der Waals surface area contributed by atoms with Crippen molar-refractivity contribution in [2.75, 3.05) is 43.5 Å². The molecule has 1 aromatic carbocycles. The molecule has 1 aliphatic rings. The van der Waals surface area contributed by atoms with Crippen molar-refractivity contribution in [3.05, 3.63) is 54.1 Å². The highest BCUT2D eigenvalue weighted by molar-refractivity contribution is 7.77. The van der Waals surface area contributed by atoms with E-state index in [1.54, 1.807) is 18.2 Å². The molecule has 1 fully saturated rings. The van der Waals surface area contributed by atoms with Gasteiger partial charge in [0.15, 0.2) is 11.6 Å². The summed E-state index contributed by atoms with van der Waals surface area (Å²) in [7, 11) is 0. The fourth-order valence-corrected chi connectivity index (χ4v) is 4.44. The fraction of sp³-hybridized carbons (Fsp3) is 0.292. The summed E-state index contributed by atoms with van der Waals surface area (Å²) in [6, 6.07) is 7.76. The number of nitrogen functional groups attached to an aromatic ring is 1. The van der Waals surface area contributed by atoms with Gasteiger partial charge in [-0.3, -0.25) is 4.55 Å². The van der Waals surface area contributed by atoms with Gasteiger partial charge < -0.3 is 15.4 Å². The number of ether oxygens (including phenoxy) is 1. The van der Waals surface area contributed by atoms with Gasteiger partial charge in [0.1, 0.15) is 17.5 Å². The van der Waals surface area contributed by atoms with E-state index in [-0.39, 0.29) is 30.0 Å². The van der Waals surface area contributed by atoms with Crippen LogP contribution < -0.4 is 15.4 Å². The first-order valence-corrected chi connectivity index (χ1v) is 12.9. The average Bonchev–Trinajstić information content (AvgIpc) is 2.93. The molecule has 0 bridgehead atoms. The lowest BCUT2D eigenvalue weighted by Gasteiger charge is -2.28. The Labute approximate surface area is 218 Å². The van der Waals surface area contributed by atoms with Gasteiger partial charge in [-0.15, -0.1) is 0 Å². The number of alkyl halides is 1. The summed E-state index contributed by atoms with van der Waals surface area (Å²) in [5.41, 5.74) is 7.44. The lowest BCUT2D eigenvalue weighted by atomic mass is 10.0. The highest BCUT2D eigenvalue weighted by atomic mass is 32.2. The van der Waals surface area contributed by atoms with Gasteiger partial charge in [0.05, 0.1) is 30.0 Å². The maximum Gasteiger partial charge on any atom is 0.231 e. The van der Waals surface area contributed by atoms with Crippen LogP contribution in [0.5, 0.6) is 0 Å². The Morgan fingerprint density at radius 2 is 1.89 bits per heavy atom. The van der Waals surface area contributed by atoms with E-state index in [0.29, 0.717) is 60.2 Å². The minimum absolute atomic E-state index is 0.0935. The van der Waals surface area contributed by atoms with E-state index >= 15 is 4.39 Å². The number of fused-ring (bicyclic) bond motifs is 1. The molecule has 0 aliphatic carbocycles. The molecule has 3 aromatic heterocycles. The van der Waals surface area contributed by atoms with E-state index in [1.807, 2.05) is 4.90 Å². The van der Waals surface area contributed by atoms with E-state index < -0.39 is 23.3 Å². The van der Waals surface area contributed by atoms with Crippen LogP contribution in [0.3, 0.4) is 0 Å². The van der Waals surface area contributed by atoms with Crippen molar-refractivity contribution in [1.82, 2.24) is 29.6 Å². The molecule has 2 unspecified atom stereocenters. The molecule has 4 aromatic rings. The van der Waals surface area contributed by atoms with E-state index in [0.717, 1.165) is 0 Å². The third-order valence-corrected chi connectivity index (χ3v) is 6.48. The van der Waals surface area contributed by atoms with Crippen molar-refractivity contribution in [2.45, 2.75) is 12.6 Å². The highest BCUT2D eigenvalue weighted by Gasteiger charge is 2.22. The maximum atomic E-state index is 15.5. The number of hydrogen-bond donors (Lipinski definition) is 3. The lowest BCUT2D eigenvalue weighted by Crippen LogP contribution is -2.37. The van der Waals surface area contributed by atoms with Crippen LogP contribution in [0, 0.1) is 5.82 Å². The molecule has 5 rings (SSSR count). The molecule has 1 aliphatic heterocycles. The molecule has 0 radical (unpaired) electrons. The van der Waals surface area contributed by atoms with Gasteiger partial charge in [0, 0.05) is 43.2 Å². The van der Waals surface area contributed by atoms with Crippen LogP contribution in [0.4, 0.5) is 20.5 Å². The van der Waals surface area contributed by atoms with Gasteiger partial charge in [0.2, 0.25) is 17.2 Å². The predicted molar refractivity (Wildman–Crippen MR) is 138 cm³/mol. The Hall–Kier alpha value is -3.72. The van der Waals surface area contributed by atoms with Crippen LogP contribution in [0.2, 0.25) is 0 Å². The smallest absolute Gasteiger partial charge is 0.231 e. The number of hydrogen-bond acceptors (Lipinski definition) is 9. The van der Waals surface area contributed by atoms with Crippen molar-refractivity contribution in [2.24, 2.45) is 0 Å². The second kappa shape index (κ2) is 11.3. The normalized spacial score (nSPS) is 15.5. The molecule has 1 saturated heterocycles. The van der Waals surface area contributed by atoms with Gasteiger partial charge in [-0.25, -0.2) is 42.6 Å². The van der Waals surface area contributed by atoms with Crippen LogP contribution in [0.15, 0.2) is 42.7 Å². The first-order valence-electron chi connectivity index (χ1n) is 11.8. The number of nitrogens with one attached hydrogen (secondary N) is 1. The van der Waals surface area contributed by atoms with E-state index in [2.05, 4.69) is 19.7 Å². The molecule has 0 amide bonds. The molecular weight excluding hydrogens is 518 g/mol. The van der Waals surface area contributed by atoms with Crippen LogP contribution >= 0.6 is 0 Å². The zero-order valence-corrected chi connectivity index (χ0v) is 20.9. The van der Waals surface area contributed by atoms with Gasteiger partial charge >= 0.3 is 0 Å². The van der Waals surface area contributed by atoms with Crippen molar-refractivity contribution in [3.8, 4) is 22.6 Å². The van der Waals surface area contributed by atoms with E-state index in [4.69, 9.17) is 25.0 Å². The topological polar surface area (TPSA) is 152 Å². The number of aromatic nitrogens is 5. The molecule has 4 heterocycles. The fourth-order valence-electron chi connectivity index (χ4n) is 4.15. The SMILES string of the molecule is Nc1ncc(-c2nc(N3CCOCC3)c3nc(-c4cccc(C(F)CCNS(=O)O)c4F)ccc3n2)cn1. The molecule has 0 saturated carbocycles. The molecule has 4 N–H and O–H groups in total. The Balaban J connectivity index is 1.56. The molecule has 198 valence electrons. The Morgan fingerprint density at radius 3 is 2.63 bits per heavy atom. The number of nitrogens with two attached hydrogens (primary N) is 1. The predicted octanol–water partition coefficient (Wildman–Crippen LogP) is 2.83. The Bertz CT molecular complexity index is 1470. The third-order valence-electron chi connectivity index (χ3n) is 6.03. The second-order valence-electron chi connectivity index (χ2n) is 8.47. The number of rotatable bonds is 8. The quantitative estimate of drug-likeness (QED) is 0.283. The number of benzene rings is 1. The van der Waals surface area contributed by atoms with Crippen molar-refractivity contribution >= 4 is 34.1 Å². The van der Waals surface area contributed by atoms with Crippen LogP contribution in [0.25, 0.3) is 33.7 Å². The van der Waals surface area contributed by atoms with E-state index in [1.165, 1.54) is 24.5 Å². The zero-order valence-electron chi connectivity index (χ0n) is 20.0. The molecule has 11 nitrogen and oxygen atoms in total. The summed E-state index contributed by atoms with van der Waals surface area (Å²) in [6.45, 7) is 2.09. The van der Waals surface area contributed by atoms with Gasteiger partial charge in [0.25, 0.3) is 0 Å². The minimum Gasteiger partial charge on any atom is -0.378 e. The molecule has 0 spiro atoms. The monoisotopic (exact) mass is 542 g/mol. The second-order valence-corrected chi connectivity index (χ2v) is 9.26. The first kappa shape index (κ1) is 25.9. The number of nitrogens with zero attached hydrogens (tertiary/aromatic N) is 6. The summed E-state index contributed by atoms with van der Waals surface area (Å²) in [5.74, 6) is 0.324. The number of anilines is 2. The van der Waals surface area contributed by atoms with Gasteiger partial charge in [-0.1, -0.05) is 12.1 Å². The summed E-state index contributed by atoms with van der Waals surface area (Å²) in [6.07, 6.45) is 1.22. The standard InChI is InChI=1S/C24H24F2N8O3S/c25-17(6-7-30-38(35)36)15-2-1-3-16(20(15)26)18-4-5-19-21(31-18)23(34-8-10-37-11-9-34)33-22(32-19)14-12-28-24(27)29-13-14/h1-5,12-13,17,30H,6-11H2,(H,35,36)(H2,27,28,29). The molecule has 14 heteroatoms. The number of halogens is 2. The Morgan fingerprint density at radius 1 is 1.13 bits per heavy atom. The largest absolute Gasteiger partial charge is 0.378 e. The van der Waals surface area contributed by atoms with Gasteiger partial charge in [-0.05, 0) is 24.6 Å². The Kier molecular flexibility index (Phi) is 7.74. The number of morpholine rings is 1. The summed E-state index contributed by atoms with van der Waals surface area (Å²) >= 11 is -2.27. The summed E-state index contributed by atoms with van der Waals surface area (Å²) in [5, 5.41) is 0. The maximum absolute atomic E-state index is 15.5. The van der Waals surface area contributed by atoms with Crippen LogP contribution in [0.1, 0.15) is 18.2 Å². The van der Waals surface area contributed by atoms with Crippen LogP contribution in [-0.4, -0.2) is 66.5 Å².